The molecule has 1 heterocycles. The minimum atomic E-state index is -0.297. The van der Waals surface area contributed by atoms with E-state index in [1.165, 1.54) is 18.4 Å². The van der Waals surface area contributed by atoms with Gasteiger partial charge in [-0.2, -0.15) is 0 Å². The average molecular weight is 407 g/mol. The summed E-state index contributed by atoms with van der Waals surface area (Å²) >= 11 is 0. The van der Waals surface area contributed by atoms with Crippen molar-refractivity contribution in [3.8, 4) is 11.5 Å². The lowest BCUT2D eigenvalue weighted by Gasteiger charge is -2.33. The van der Waals surface area contributed by atoms with Gasteiger partial charge in [0.15, 0.2) is 11.5 Å². The molecule has 1 amide bonds. The lowest BCUT2D eigenvalue weighted by atomic mass is 9.87. The molecule has 0 aromatic heterocycles. The van der Waals surface area contributed by atoms with Gasteiger partial charge in [-0.05, 0) is 48.9 Å². The molecule has 0 radical (unpaired) electrons. The molecule has 1 N–H and O–H groups in total. The smallest absolute Gasteiger partial charge is 0.234 e. The molecule has 5 rings (SSSR count). The minimum Gasteiger partial charge on any atom is -0.486 e. The maximum atomic E-state index is 13.2. The second-order valence-electron chi connectivity index (χ2n) is 8.82. The fourth-order valence-electron chi connectivity index (χ4n) is 4.87. The summed E-state index contributed by atoms with van der Waals surface area (Å²) in [5, 5.41) is 3.44. The van der Waals surface area contributed by atoms with Crippen LogP contribution in [0.5, 0.6) is 11.5 Å². The minimum absolute atomic E-state index is 0.120. The van der Waals surface area contributed by atoms with Crippen molar-refractivity contribution in [2.24, 2.45) is 0 Å². The summed E-state index contributed by atoms with van der Waals surface area (Å²) in [5.74, 6) is 1.71. The van der Waals surface area contributed by atoms with Crippen molar-refractivity contribution >= 4 is 5.91 Å². The van der Waals surface area contributed by atoms with Crippen molar-refractivity contribution in [2.45, 2.75) is 56.7 Å². The molecule has 0 unspecified atom stereocenters. The number of fused-ring (bicyclic) bond motifs is 1. The summed E-state index contributed by atoms with van der Waals surface area (Å²) in [6, 6.07) is 17.1. The van der Waals surface area contributed by atoms with E-state index >= 15 is 0 Å². The van der Waals surface area contributed by atoms with Crippen molar-refractivity contribution < 1.29 is 14.3 Å². The Morgan fingerprint density at radius 2 is 1.73 bits per heavy atom. The zero-order valence-corrected chi connectivity index (χ0v) is 17.4. The van der Waals surface area contributed by atoms with Gasteiger partial charge in [0.2, 0.25) is 5.91 Å². The van der Waals surface area contributed by atoms with Crippen LogP contribution in [0.15, 0.2) is 48.5 Å². The zero-order chi connectivity index (χ0) is 20.4. The molecule has 2 aromatic carbocycles. The molecular weight excluding hydrogens is 376 g/mol. The number of benzene rings is 2. The highest BCUT2D eigenvalue weighted by atomic mass is 16.6. The Hall–Kier alpha value is -2.53. The first-order chi connectivity index (χ1) is 14.7. The Bertz CT molecular complexity index is 889. The number of carbonyl (C=O) groups is 1. The van der Waals surface area contributed by atoms with Crippen LogP contribution in [0.2, 0.25) is 0 Å². The Labute approximate surface area is 178 Å². The maximum absolute atomic E-state index is 13.2. The predicted octanol–water partition coefficient (Wildman–Crippen LogP) is 4.01. The Kier molecular flexibility index (Phi) is 5.38. The van der Waals surface area contributed by atoms with Gasteiger partial charge in [0.1, 0.15) is 13.2 Å². The first-order valence-corrected chi connectivity index (χ1v) is 11.2. The fourth-order valence-corrected chi connectivity index (χ4v) is 4.87. The topological polar surface area (TPSA) is 50.8 Å². The number of nitrogens with zero attached hydrogens (tertiary/aromatic N) is 1. The van der Waals surface area contributed by atoms with Crippen LogP contribution in [0, 0.1) is 0 Å². The van der Waals surface area contributed by atoms with Crippen LogP contribution < -0.4 is 14.8 Å². The van der Waals surface area contributed by atoms with Gasteiger partial charge in [0.25, 0.3) is 0 Å². The first kappa shape index (κ1) is 19.4. The Morgan fingerprint density at radius 3 is 2.47 bits per heavy atom. The number of amides is 1. The van der Waals surface area contributed by atoms with E-state index in [2.05, 4.69) is 46.6 Å². The molecule has 2 aliphatic carbocycles. The van der Waals surface area contributed by atoms with E-state index in [1.54, 1.807) is 0 Å². The second-order valence-corrected chi connectivity index (χ2v) is 8.82. The monoisotopic (exact) mass is 406 g/mol. The van der Waals surface area contributed by atoms with E-state index in [9.17, 15) is 4.79 Å². The maximum Gasteiger partial charge on any atom is 0.234 e. The van der Waals surface area contributed by atoms with Gasteiger partial charge in [-0.1, -0.05) is 49.2 Å². The summed E-state index contributed by atoms with van der Waals surface area (Å²) in [7, 11) is 0. The number of hydrogen-bond acceptors (Lipinski definition) is 4. The standard InChI is InChI=1S/C25H30N2O3/c28-24(18-27(21-9-10-21)17-19-6-2-1-3-7-19)26-25(12-4-5-13-25)20-8-11-22-23(16-20)30-15-14-29-22/h1-3,6-8,11,16,21H,4-5,9-10,12-15,17-18H2,(H,26,28). The number of ether oxygens (including phenoxy) is 2. The van der Waals surface area contributed by atoms with Gasteiger partial charge in [-0.15, -0.1) is 0 Å². The Morgan fingerprint density at radius 1 is 1.00 bits per heavy atom. The SMILES string of the molecule is O=C(CN(Cc1ccccc1)C1CC1)NC1(c2ccc3c(c2)OCCO3)CCCC1. The van der Waals surface area contributed by atoms with Crippen LogP contribution in [0.1, 0.15) is 49.7 Å². The zero-order valence-electron chi connectivity index (χ0n) is 17.4. The average Bonchev–Trinajstić information content (AvgIpc) is 3.52. The third kappa shape index (κ3) is 4.17. The van der Waals surface area contributed by atoms with Crippen molar-refractivity contribution in [1.29, 1.82) is 0 Å². The summed E-state index contributed by atoms with van der Waals surface area (Å²) in [6.07, 6.45) is 6.58. The van der Waals surface area contributed by atoms with E-state index < -0.39 is 0 Å². The molecule has 158 valence electrons. The van der Waals surface area contributed by atoms with Crippen molar-refractivity contribution in [2.75, 3.05) is 19.8 Å². The van der Waals surface area contributed by atoms with Gasteiger partial charge in [0, 0.05) is 12.6 Å². The summed E-state index contributed by atoms with van der Waals surface area (Å²) in [4.78, 5) is 15.5. The molecule has 5 nitrogen and oxygen atoms in total. The highest BCUT2D eigenvalue weighted by Crippen LogP contribution is 2.42. The van der Waals surface area contributed by atoms with Gasteiger partial charge < -0.3 is 14.8 Å². The molecule has 0 saturated heterocycles. The van der Waals surface area contributed by atoms with Crippen LogP contribution in [0.4, 0.5) is 0 Å². The number of nitrogens with one attached hydrogen (secondary N) is 1. The highest BCUT2D eigenvalue weighted by Gasteiger charge is 2.39. The molecule has 5 heteroatoms. The van der Waals surface area contributed by atoms with Crippen molar-refractivity contribution in [3.63, 3.8) is 0 Å². The van der Waals surface area contributed by atoms with Crippen molar-refractivity contribution in [3.05, 3.63) is 59.7 Å². The van der Waals surface area contributed by atoms with Gasteiger partial charge in [-0.3, -0.25) is 9.69 Å². The molecule has 0 bridgehead atoms. The molecule has 2 aromatic rings. The van der Waals surface area contributed by atoms with Gasteiger partial charge in [0.05, 0.1) is 12.1 Å². The lowest BCUT2D eigenvalue weighted by Crippen LogP contribution is -2.48. The van der Waals surface area contributed by atoms with E-state index in [0.29, 0.717) is 25.8 Å². The van der Waals surface area contributed by atoms with Gasteiger partial charge >= 0.3 is 0 Å². The highest BCUT2D eigenvalue weighted by molar-refractivity contribution is 5.79. The molecule has 0 atom stereocenters. The first-order valence-electron chi connectivity index (χ1n) is 11.2. The summed E-state index contributed by atoms with van der Waals surface area (Å²) in [6.45, 7) is 2.44. The van der Waals surface area contributed by atoms with Crippen LogP contribution >= 0.6 is 0 Å². The second kappa shape index (κ2) is 8.31. The molecule has 3 aliphatic rings. The van der Waals surface area contributed by atoms with Crippen LogP contribution in [0.3, 0.4) is 0 Å². The van der Waals surface area contributed by atoms with Gasteiger partial charge in [-0.25, -0.2) is 0 Å². The molecule has 2 fully saturated rings. The molecule has 1 aliphatic heterocycles. The fraction of sp³-hybridized carbons (Fsp3) is 0.480. The normalized spacial score (nSPS) is 19.6. The number of hydrogen-bond donors (Lipinski definition) is 1. The molecule has 0 spiro atoms. The molecular formula is C25H30N2O3. The van der Waals surface area contributed by atoms with E-state index in [0.717, 1.165) is 49.3 Å². The van der Waals surface area contributed by atoms with E-state index in [-0.39, 0.29) is 11.4 Å². The summed E-state index contributed by atoms with van der Waals surface area (Å²) < 4.78 is 11.5. The molecule has 30 heavy (non-hydrogen) atoms. The quantitative estimate of drug-likeness (QED) is 0.755. The lowest BCUT2D eigenvalue weighted by molar-refractivity contribution is -0.124. The van der Waals surface area contributed by atoms with Crippen LogP contribution in [0.25, 0.3) is 0 Å². The van der Waals surface area contributed by atoms with Crippen LogP contribution in [-0.2, 0) is 16.9 Å². The number of rotatable bonds is 7. The third-order valence-corrected chi connectivity index (χ3v) is 6.57. The third-order valence-electron chi connectivity index (χ3n) is 6.57. The number of carbonyl (C=O) groups excluding carboxylic acids is 1. The summed E-state index contributed by atoms with van der Waals surface area (Å²) in [5.41, 5.74) is 2.10. The largest absolute Gasteiger partial charge is 0.486 e. The predicted molar refractivity (Wildman–Crippen MR) is 116 cm³/mol. The van der Waals surface area contributed by atoms with E-state index in [4.69, 9.17) is 9.47 Å². The van der Waals surface area contributed by atoms with Crippen LogP contribution in [-0.4, -0.2) is 36.6 Å². The molecule has 2 saturated carbocycles. The Balaban J connectivity index is 1.31. The van der Waals surface area contributed by atoms with E-state index in [1.807, 2.05) is 12.1 Å². The van der Waals surface area contributed by atoms with Crippen molar-refractivity contribution in [1.82, 2.24) is 10.2 Å².